The summed E-state index contributed by atoms with van der Waals surface area (Å²) in [5.74, 6) is 0.989. The Morgan fingerprint density at radius 2 is 1.76 bits per heavy atom. The van der Waals surface area contributed by atoms with Gasteiger partial charge in [-0.25, -0.2) is 0 Å². The van der Waals surface area contributed by atoms with E-state index in [1.807, 2.05) is 47.4 Å². The molecule has 1 saturated heterocycles. The molecule has 2 aliphatic rings. The van der Waals surface area contributed by atoms with Crippen LogP contribution in [0.3, 0.4) is 0 Å². The molecule has 0 N–H and O–H groups in total. The van der Waals surface area contributed by atoms with Crippen LogP contribution < -0.4 is 4.74 Å². The third-order valence-electron chi connectivity index (χ3n) is 6.18. The first-order valence-corrected chi connectivity index (χ1v) is 10.4. The summed E-state index contributed by atoms with van der Waals surface area (Å²) in [6.45, 7) is 7.70. The van der Waals surface area contributed by atoms with Crippen LogP contribution in [0.1, 0.15) is 61.5 Å². The highest BCUT2D eigenvalue weighted by Gasteiger charge is 2.43. The minimum Gasteiger partial charge on any atom is -0.486 e. The fourth-order valence-corrected chi connectivity index (χ4v) is 4.29. The minimum atomic E-state index is -0.475. The lowest BCUT2D eigenvalue weighted by Crippen LogP contribution is -2.52. The van der Waals surface area contributed by atoms with Crippen molar-refractivity contribution in [3.63, 3.8) is 0 Å². The molecule has 2 aromatic rings. The van der Waals surface area contributed by atoms with Crippen LogP contribution in [0.2, 0.25) is 0 Å². The van der Waals surface area contributed by atoms with Gasteiger partial charge in [0.05, 0.1) is 18.4 Å². The maximum atomic E-state index is 12.9. The standard InChI is InChI=1S/C25H29NO3/c1-24(2,3)19-9-10-22-20(16-19)21(27)17-25(29-22)11-13-26(14-12-25)23(28)15-18-7-5-4-6-8-18/h4-10,16H,11-15,17H2,1-3H3. The fraction of sp³-hybridized carbons (Fsp3) is 0.440. The molecular weight excluding hydrogens is 362 g/mol. The second-order valence-electron chi connectivity index (χ2n) is 9.39. The van der Waals surface area contributed by atoms with Crippen molar-refractivity contribution >= 4 is 11.7 Å². The second kappa shape index (κ2) is 7.33. The number of Topliss-reactive ketones (excluding diaryl/α,β-unsaturated/α-hetero) is 1. The van der Waals surface area contributed by atoms with Crippen LogP contribution in [-0.2, 0) is 16.6 Å². The van der Waals surface area contributed by atoms with E-state index in [1.54, 1.807) is 0 Å². The van der Waals surface area contributed by atoms with Gasteiger partial charge in [-0.15, -0.1) is 0 Å². The van der Waals surface area contributed by atoms with Crippen molar-refractivity contribution in [2.75, 3.05) is 13.1 Å². The molecule has 4 rings (SSSR count). The van der Waals surface area contributed by atoms with Gasteiger partial charge in [0, 0.05) is 25.9 Å². The average molecular weight is 392 g/mol. The number of hydrogen-bond acceptors (Lipinski definition) is 3. The smallest absolute Gasteiger partial charge is 0.226 e. The first-order chi connectivity index (χ1) is 13.8. The normalized spacial score (nSPS) is 18.3. The summed E-state index contributed by atoms with van der Waals surface area (Å²) >= 11 is 0. The zero-order valence-electron chi connectivity index (χ0n) is 17.5. The highest BCUT2D eigenvalue weighted by Crippen LogP contribution is 2.40. The van der Waals surface area contributed by atoms with E-state index in [9.17, 15) is 9.59 Å². The van der Waals surface area contributed by atoms with Gasteiger partial charge in [0.2, 0.25) is 5.91 Å². The van der Waals surface area contributed by atoms with Gasteiger partial charge >= 0.3 is 0 Å². The zero-order chi connectivity index (χ0) is 20.6. The molecule has 152 valence electrons. The van der Waals surface area contributed by atoms with Crippen molar-refractivity contribution in [2.45, 2.75) is 57.5 Å². The van der Waals surface area contributed by atoms with Crippen molar-refractivity contribution in [3.8, 4) is 5.75 Å². The van der Waals surface area contributed by atoms with E-state index in [4.69, 9.17) is 4.74 Å². The minimum absolute atomic E-state index is 0.00506. The van der Waals surface area contributed by atoms with E-state index in [0.29, 0.717) is 50.1 Å². The molecule has 0 unspecified atom stereocenters. The molecule has 0 aromatic heterocycles. The van der Waals surface area contributed by atoms with E-state index in [2.05, 4.69) is 26.8 Å². The fourth-order valence-electron chi connectivity index (χ4n) is 4.29. The number of benzene rings is 2. The topological polar surface area (TPSA) is 46.6 Å². The van der Waals surface area contributed by atoms with Gasteiger partial charge in [-0.3, -0.25) is 9.59 Å². The predicted molar refractivity (Wildman–Crippen MR) is 113 cm³/mol. The van der Waals surface area contributed by atoms with Crippen LogP contribution in [0.25, 0.3) is 0 Å². The predicted octanol–water partition coefficient (Wildman–Crippen LogP) is 4.55. The Hall–Kier alpha value is -2.62. The van der Waals surface area contributed by atoms with Crippen LogP contribution in [0, 0.1) is 0 Å². The van der Waals surface area contributed by atoms with E-state index < -0.39 is 5.60 Å². The van der Waals surface area contributed by atoms with Gasteiger partial charge in [-0.2, -0.15) is 0 Å². The lowest BCUT2D eigenvalue weighted by Gasteiger charge is -2.44. The van der Waals surface area contributed by atoms with Gasteiger partial charge in [0.15, 0.2) is 5.78 Å². The highest BCUT2D eigenvalue weighted by molar-refractivity contribution is 6.00. The van der Waals surface area contributed by atoms with E-state index in [-0.39, 0.29) is 17.1 Å². The summed E-state index contributed by atoms with van der Waals surface area (Å²) in [7, 11) is 0. The Morgan fingerprint density at radius 3 is 2.41 bits per heavy atom. The van der Waals surface area contributed by atoms with Gasteiger partial charge in [-0.05, 0) is 28.7 Å². The van der Waals surface area contributed by atoms with Gasteiger partial charge in [0.25, 0.3) is 0 Å². The maximum absolute atomic E-state index is 12.9. The molecule has 2 aromatic carbocycles. The van der Waals surface area contributed by atoms with Crippen LogP contribution in [0.4, 0.5) is 0 Å². The number of fused-ring (bicyclic) bond motifs is 1. The Balaban J connectivity index is 1.44. The van der Waals surface area contributed by atoms with Crippen LogP contribution in [-0.4, -0.2) is 35.3 Å². The number of ether oxygens (including phenoxy) is 1. The monoisotopic (exact) mass is 391 g/mol. The summed E-state index contributed by atoms with van der Waals surface area (Å²) in [6.07, 6.45) is 2.21. The molecule has 0 bridgehead atoms. The maximum Gasteiger partial charge on any atom is 0.226 e. The second-order valence-corrected chi connectivity index (χ2v) is 9.39. The molecule has 29 heavy (non-hydrogen) atoms. The number of nitrogens with zero attached hydrogens (tertiary/aromatic N) is 1. The van der Waals surface area contributed by atoms with Crippen LogP contribution in [0.5, 0.6) is 5.75 Å². The number of rotatable bonds is 2. The summed E-state index contributed by atoms with van der Waals surface area (Å²) < 4.78 is 6.39. The number of ketones is 1. The van der Waals surface area contributed by atoms with Gasteiger partial charge in [0.1, 0.15) is 11.4 Å². The molecule has 2 aliphatic heterocycles. The molecule has 1 fully saturated rings. The first-order valence-electron chi connectivity index (χ1n) is 10.4. The molecular formula is C25H29NO3. The molecule has 0 atom stereocenters. The molecule has 1 spiro atoms. The molecule has 0 saturated carbocycles. The van der Waals surface area contributed by atoms with Crippen molar-refractivity contribution < 1.29 is 14.3 Å². The van der Waals surface area contributed by atoms with Crippen molar-refractivity contribution in [1.29, 1.82) is 0 Å². The Morgan fingerprint density at radius 1 is 1.07 bits per heavy atom. The number of amides is 1. The molecule has 0 radical (unpaired) electrons. The lowest BCUT2D eigenvalue weighted by molar-refractivity contribution is -0.134. The number of carbonyl (C=O) groups excluding carboxylic acids is 2. The van der Waals surface area contributed by atoms with E-state index in [0.717, 1.165) is 11.1 Å². The summed E-state index contributed by atoms with van der Waals surface area (Å²) in [4.78, 5) is 27.5. The Labute approximate surface area is 172 Å². The van der Waals surface area contributed by atoms with Crippen molar-refractivity contribution in [3.05, 3.63) is 65.2 Å². The third-order valence-corrected chi connectivity index (χ3v) is 6.18. The number of carbonyl (C=O) groups is 2. The Bertz CT molecular complexity index is 919. The SMILES string of the molecule is CC(C)(C)c1ccc2c(c1)C(=O)CC1(CCN(C(=O)Cc3ccccc3)CC1)O2. The average Bonchev–Trinajstić information content (AvgIpc) is 2.68. The van der Waals surface area contributed by atoms with Crippen LogP contribution in [0.15, 0.2) is 48.5 Å². The molecule has 1 amide bonds. The summed E-state index contributed by atoms with van der Waals surface area (Å²) in [6, 6.07) is 15.8. The van der Waals surface area contributed by atoms with E-state index in [1.165, 1.54) is 0 Å². The number of likely N-dealkylation sites (tertiary alicyclic amines) is 1. The molecule has 2 heterocycles. The lowest BCUT2D eigenvalue weighted by atomic mass is 9.80. The quantitative estimate of drug-likeness (QED) is 0.754. The van der Waals surface area contributed by atoms with Crippen LogP contribution >= 0.6 is 0 Å². The van der Waals surface area contributed by atoms with E-state index >= 15 is 0 Å². The first kappa shape index (κ1) is 19.7. The summed E-state index contributed by atoms with van der Waals surface area (Å²) in [5, 5.41) is 0. The van der Waals surface area contributed by atoms with Crippen molar-refractivity contribution in [2.24, 2.45) is 0 Å². The summed E-state index contributed by atoms with van der Waals surface area (Å²) in [5.41, 5.74) is 2.40. The third kappa shape index (κ3) is 4.07. The van der Waals surface area contributed by atoms with Gasteiger partial charge in [-0.1, -0.05) is 57.2 Å². The number of piperidine rings is 1. The molecule has 0 aliphatic carbocycles. The Kier molecular flexibility index (Phi) is 4.97. The number of hydrogen-bond donors (Lipinski definition) is 0. The highest BCUT2D eigenvalue weighted by atomic mass is 16.5. The van der Waals surface area contributed by atoms with Crippen molar-refractivity contribution in [1.82, 2.24) is 4.90 Å². The largest absolute Gasteiger partial charge is 0.486 e. The molecule has 4 nitrogen and oxygen atoms in total. The van der Waals surface area contributed by atoms with Gasteiger partial charge < -0.3 is 9.64 Å². The zero-order valence-corrected chi connectivity index (χ0v) is 17.5. The molecule has 4 heteroatoms.